The number of nitrogens with one attached hydrogen (secondary N) is 4. The maximum Gasteiger partial charge on any atom is 0.408 e. The summed E-state index contributed by atoms with van der Waals surface area (Å²) in [5.74, 6) is -2.49. The Labute approximate surface area is 411 Å². The number of allylic oxidation sites excluding steroid dienone is 2. The molecule has 2 saturated carbocycles. The van der Waals surface area contributed by atoms with Crippen molar-refractivity contribution in [3.8, 4) is 11.3 Å². The van der Waals surface area contributed by atoms with E-state index in [0.717, 1.165) is 66.3 Å². The lowest BCUT2D eigenvalue weighted by atomic mass is 9.79. The minimum absolute atomic E-state index is 0.00216. The number of halogens is 2. The maximum atomic E-state index is 16.8. The monoisotopic (exact) mass is 968 g/mol. The highest BCUT2D eigenvalue weighted by Gasteiger charge is 2.56. The molecule has 5 aromatic rings. The molecule has 11 rings (SSSR count). The molecule has 71 heavy (non-hydrogen) atoms. The van der Waals surface area contributed by atoms with Crippen LogP contribution >= 0.6 is 0 Å². The van der Waals surface area contributed by atoms with E-state index in [1.165, 1.54) is 7.11 Å². The minimum atomic E-state index is -3.17. The molecule has 2 aliphatic heterocycles. The van der Waals surface area contributed by atoms with E-state index in [-0.39, 0.29) is 83.2 Å². The fourth-order valence-corrected chi connectivity index (χ4v) is 12.5. The zero-order valence-corrected chi connectivity index (χ0v) is 40.9. The first-order valence-corrected chi connectivity index (χ1v) is 25.4. The van der Waals surface area contributed by atoms with Crippen LogP contribution in [0.25, 0.3) is 27.9 Å². The van der Waals surface area contributed by atoms with Gasteiger partial charge in [-0.15, -0.1) is 0 Å². The van der Waals surface area contributed by atoms with Gasteiger partial charge >= 0.3 is 12.2 Å². The number of carbonyl (C=O) groups is 4. The number of carbonyl (C=O) groups excluding carboxylic acids is 4. The molecule has 4 N–H and O–H groups in total. The quantitative estimate of drug-likeness (QED) is 0.0956. The summed E-state index contributed by atoms with van der Waals surface area (Å²) in [6, 6.07) is 18.5. The number of aromatic amines is 2. The number of H-pyrrole nitrogens is 2. The van der Waals surface area contributed by atoms with E-state index in [0.29, 0.717) is 47.9 Å². The van der Waals surface area contributed by atoms with Gasteiger partial charge in [-0.3, -0.25) is 9.59 Å². The van der Waals surface area contributed by atoms with E-state index >= 15 is 8.78 Å². The topological polar surface area (TPSA) is 175 Å². The van der Waals surface area contributed by atoms with E-state index in [4.69, 9.17) is 19.4 Å². The molecule has 2 saturated heterocycles. The van der Waals surface area contributed by atoms with Gasteiger partial charge in [0.2, 0.25) is 11.8 Å². The second kappa shape index (κ2) is 17.9. The molecule has 2 aromatic heterocycles. The zero-order valence-electron chi connectivity index (χ0n) is 40.9. The first-order valence-electron chi connectivity index (χ1n) is 25.4. The third-order valence-corrected chi connectivity index (χ3v) is 16.5. The Bertz CT molecular complexity index is 2940. The molecule has 0 radical (unpaired) electrons. The molecule has 3 aromatic carbocycles. The Morgan fingerprint density at radius 1 is 0.873 bits per heavy atom. The van der Waals surface area contributed by atoms with Gasteiger partial charge in [-0.1, -0.05) is 76.2 Å². The number of likely N-dealkylation sites (tertiary alicyclic amines) is 2. The Morgan fingerprint density at radius 3 is 2.38 bits per heavy atom. The lowest BCUT2D eigenvalue weighted by molar-refractivity contribution is -0.139. The average molecular weight is 969 g/mol. The van der Waals surface area contributed by atoms with Crippen LogP contribution < -0.4 is 10.6 Å². The van der Waals surface area contributed by atoms with Crippen LogP contribution in [0.1, 0.15) is 137 Å². The van der Waals surface area contributed by atoms with Crippen molar-refractivity contribution in [2.75, 3.05) is 13.7 Å². The molecule has 4 aliphatic carbocycles. The lowest BCUT2D eigenvalue weighted by Crippen LogP contribution is -2.54. The molecule has 7 atom stereocenters. The molecule has 2 bridgehead atoms. The van der Waals surface area contributed by atoms with Crippen molar-refractivity contribution >= 4 is 40.6 Å². The van der Waals surface area contributed by atoms with Crippen LogP contribution in [0.2, 0.25) is 0 Å². The summed E-state index contributed by atoms with van der Waals surface area (Å²) in [4.78, 5) is 74.1. The predicted molar refractivity (Wildman–Crippen MR) is 262 cm³/mol. The largest absolute Gasteiger partial charge is 0.453 e. The standard InChI is InChI=1S/C55H62F2N8O6/c1-29(2)45(62-52(68)70-5)50(66)64-28-54(19-20-54)25-44(64)48-58-26-43(61-48)34-13-17-38-37-16-12-32(22-39(37)55(56,57)40(38)23-34)33-14-18-41-42(24-33)60-49(59-41)47-35-11-15-36(21-35)65(47)51(67)46(30(3)4)63-53(69)71-27-31-9-7-6-8-10-31/h6-10,13-14,17-18,23-24,26,29-30,32,35-36,44-47H,11-12,15-16,19-22,25,27-28H2,1-5H3,(H,58,61)(H,59,60)(H,62,68)(H,63,69). The van der Waals surface area contributed by atoms with Crippen LogP contribution in [0.3, 0.4) is 0 Å². The highest BCUT2D eigenvalue weighted by atomic mass is 19.3. The summed E-state index contributed by atoms with van der Waals surface area (Å²) in [7, 11) is 1.27. The molecule has 14 nitrogen and oxygen atoms in total. The number of rotatable bonds is 12. The SMILES string of the molecule is COC(=O)NC(C(=O)N1CC2(CC2)CC1c1ncc(-c2ccc3c(c2)C(F)(F)C2=C3CCC(c3ccc4nc(C5C6CCC(C6)N5C(=O)C(NC(=O)OCc5ccccc5)C(C)C)[nH]c4c3)C2)[nH]1)C(C)C. The van der Waals surface area contributed by atoms with Gasteiger partial charge in [0, 0.05) is 29.3 Å². The second-order valence-electron chi connectivity index (χ2n) is 21.7. The molecule has 7 unspecified atom stereocenters. The fourth-order valence-electron chi connectivity index (χ4n) is 12.5. The molecule has 4 heterocycles. The Balaban J connectivity index is 0.786. The van der Waals surface area contributed by atoms with E-state index in [1.807, 2.05) is 98.2 Å². The van der Waals surface area contributed by atoms with E-state index in [2.05, 4.69) is 20.6 Å². The minimum Gasteiger partial charge on any atom is -0.453 e. The van der Waals surface area contributed by atoms with Crippen molar-refractivity contribution in [3.05, 3.63) is 112 Å². The van der Waals surface area contributed by atoms with Crippen LogP contribution in [0.5, 0.6) is 0 Å². The van der Waals surface area contributed by atoms with Crippen molar-refractivity contribution < 1.29 is 37.4 Å². The molecule has 6 aliphatic rings. The molecular formula is C55H62F2N8O6. The zero-order chi connectivity index (χ0) is 49.5. The normalized spacial score (nSPS) is 24.4. The molecular weight excluding hydrogens is 907 g/mol. The number of nitrogens with zero attached hydrogens (tertiary/aromatic N) is 4. The van der Waals surface area contributed by atoms with Crippen LogP contribution in [0.4, 0.5) is 18.4 Å². The summed E-state index contributed by atoms with van der Waals surface area (Å²) in [5.41, 5.74) is 6.05. The van der Waals surface area contributed by atoms with Crippen LogP contribution in [0.15, 0.2) is 78.5 Å². The third kappa shape index (κ3) is 8.43. The Morgan fingerprint density at radius 2 is 1.63 bits per heavy atom. The van der Waals surface area contributed by atoms with Crippen molar-refractivity contribution in [2.24, 2.45) is 23.2 Å². The third-order valence-electron chi connectivity index (χ3n) is 16.5. The van der Waals surface area contributed by atoms with Gasteiger partial charge in [-0.2, -0.15) is 8.78 Å². The number of amides is 4. The number of fused-ring (bicyclic) bond motifs is 5. The molecule has 4 fully saturated rings. The van der Waals surface area contributed by atoms with Gasteiger partial charge in [0.1, 0.15) is 30.3 Å². The number of ether oxygens (including phenoxy) is 2. The van der Waals surface area contributed by atoms with Gasteiger partial charge in [0.15, 0.2) is 0 Å². The van der Waals surface area contributed by atoms with Crippen molar-refractivity contribution in [1.29, 1.82) is 0 Å². The number of alkyl carbamates (subject to hydrolysis) is 2. The van der Waals surface area contributed by atoms with Crippen molar-refractivity contribution in [1.82, 2.24) is 40.4 Å². The van der Waals surface area contributed by atoms with E-state index in [9.17, 15) is 19.2 Å². The van der Waals surface area contributed by atoms with Gasteiger partial charge < -0.3 is 39.9 Å². The van der Waals surface area contributed by atoms with Crippen LogP contribution in [-0.4, -0.2) is 85.5 Å². The number of methoxy groups -OCH3 is 1. The van der Waals surface area contributed by atoms with E-state index in [1.54, 1.807) is 12.3 Å². The maximum absolute atomic E-state index is 16.8. The molecule has 16 heteroatoms. The number of piperidine rings is 1. The number of aromatic nitrogens is 4. The summed E-state index contributed by atoms with van der Waals surface area (Å²) >= 11 is 0. The first kappa shape index (κ1) is 46.8. The Hall–Kier alpha value is -6.58. The summed E-state index contributed by atoms with van der Waals surface area (Å²) in [6.07, 6.45) is 7.28. The van der Waals surface area contributed by atoms with Gasteiger partial charge in [-0.05, 0) is 127 Å². The number of alkyl halides is 2. The highest BCUT2D eigenvalue weighted by Crippen LogP contribution is 2.59. The van der Waals surface area contributed by atoms with E-state index < -0.39 is 30.2 Å². The number of hydrogen-bond donors (Lipinski definition) is 4. The van der Waals surface area contributed by atoms with Gasteiger partial charge in [-0.25, -0.2) is 19.6 Å². The number of imidazole rings is 2. The first-order chi connectivity index (χ1) is 34.1. The fraction of sp³-hybridized carbons (Fsp3) is 0.491. The molecule has 4 amide bonds. The number of hydrogen-bond acceptors (Lipinski definition) is 8. The van der Waals surface area contributed by atoms with Crippen molar-refractivity contribution in [3.63, 3.8) is 0 Å². The van der Waals surface area contributed by atoms with Crippen molar-refractivity contribution in [2.45, 2.75) is 134 Å². The second-order valence-corrected chi connectivity index (χ2v) is 21.7. The molecule has 372 valence electrons. The predicted octanol–water partition coefficient (Wildman–Crippen LogP) is 10.2. The summed E-state index contributed by atoms with van der Waals surface area (Å²) in [5, 5.41) is 5.58. The molecule has 1 spiro atoms. The lowest BCUT2D eigenvalue weighted by Gasteiger charge is -2.37. The van der Waals surface area contributed by atoms with Gasteiger partial charge in [0.25, 0.3) is 5.92 Å². The average Bonchev–Trinajstić information content (AvgIpc) is 4.03. The van der Waals surface area contributed by atoms with Crippen LogP contribution in [-0.2, 0) is 31.6 Å². The Kier molecular flexibility index (Phi) is 11.8. The smallest absolute Gasteiger partial charge is 0.408 e. The van der Waals surface area contributed by atoms with Gasteiger partial charge in [0.05, 0.1) is 42.1 Å². The highest BCUT2D eigenvalue weighted by molar-refractivity contribution is 5.88. The number of benzene rings is 3. The summed E-state index contributed by atoms with van der Waals surface area (Å²) < 4.78 is 44.0. The summed E-state index contributed by atoms with van der Waals surface area (Å²) in [6.45, 7) is 8.26. The van der Waals surface area contributed by atoms with Crippen LogP contribution in [0, 0.1) is 23.2 Å².